The topological polar surface area (TPSA) is 96.2 Å². The van der Waals surface area contributed by atoms with E-state index in [-0.39, 0.29) is 25.1 Å². The van der Waals surface area contributed by atoms with Gasteiger partial charge in [-0.2, -0.15) is 18.0 Å². The fraction of sp³-hybridized carbons (Fsp3) is 0.444. The summed E-state index contributed by atoms with van der Waals surface area (Å²) in [7, 11) is 0. The number of hydrogen-bond donors (Lipinski definition) is 2. The van der Waals surface area contributed by atoms with Crippen LogP contribution in [-0.2, 0) is 17.5 Å². The third-order valence-electron chi connectivity index (χ3n) is 4.58. The summed E-state index contributed by atoms with van der Waals surface area (Å²) in [6, 6.07) is 2.96. The lowest BCUT2D eigenvalue weighted by atomic mass is 10.0. The summed E-state index contributed by atoms with van der Waals surface area (Å²) < 4.78 is 39.4. The molecule has 1 amide bonds. The number of aryl methyl sites for hydroxylation is 1. The predicted octanol–water partition coefficient (Wildman–Crippen LogP) is 0.855. The molecule has 2 aromatic rings. The lowest BCUT2D eigenvalue weighted by Crippen LogP contribution is -2.54. The molecule has 0 radical (unpaired) electrons. The van der Waals surface area contributed by atoms with E-state index >= 15 is 0 Å². The van der Waals surface area contributed by atoms with Gasteiger partial charge in [-0.1, -0.05) is 6.07 Å². The molecule has 1 unspecified atom stereocenters. The van der Waals surface area contributed by atoms with Crippen molar-refractivity contribution in [3.8, 4) is 0 Å². The van der Waals surface area contributed by atoms with Gasteiger partial charge in [0.25, 0.3) is 0 Å². The molecule has 0 bridgehead atoms. The van der Waals surface area contributed by atoms with Gasteiger partial charge in [0, 0.05) is 25.7 Å². The summed E-state index contributed by atoms with van der Waals surface area (Å²) in [5.74, 6) is 0.0872. The zero-order valence-electron chi connectivity index (χ0n) is 15.7. The first-order chi connectivity index (χ1) is 13.8. The summed E-state index contributed by atoms with van der Waals surface area (Å²) in [6.45, 7) is 2.97. The van der Waals surface area contributed by atoms with E-state index < -0.39 is 11.7 Å². The Bertz CT molecular complexity index is 896. The first-order valence-corrected chi connectivity index (χ1v) is 9.02. The molecule has 8 nitrogen and oxygen atoms in total. The number of carbonyl (C=O) groups is 1. The first-order valence-electron chi connectivity index (χ1n) is 9.02. The van der Waals surface area contributed by atoms with E-state index in [0.29, 0.717) is 36.6 Å². The lowest BCUT2D eigenvalue weighted by Gasteiger charge is -2.34. The zero-order chi connectivity index (χ0) is 21.0. The fourth-order valence-electron chi connectivity index (χ4n) is 3.10. The molecule has 1 atom stereocenters. The zero-order valence-corrected chi connectivity index (χ0v) is 15.7. The van der Waals surface area contributed by atoms with E-state index in [4.69, 9.17) is 0 Å². The van der Waals surface area contributed by atoms with Gasteiger partial charge in [0.15, 0.2) is 5.82 Å². The average Bonchev–Trinajstić information content (AvgIpc) is 3.10. The Morgan fingerprint density at radius 3 is 2.86 bits per heavy atom. The lowest BCUT2D eigenvalue weighted by molar-refractivity contribution is -0.137. The van der Waals surface area contributed by atoms with Gasteiger partial charge in [-0.3, -0.25) is 4.79 Å². The van der Waals surface area contributed by atoms with Gasteiger partial charge >= 0.3 is 6.18 Å². The second-order valence-corrected chi connectivity index (χ2v) is 6.68. The van der Waals surface area contributed by atoms with E-state index in [1.807, 2.05) is 0 Å². The van der Waals surface area contributed by atoms with Crippen molar-refractivity contribution in [1.82, 2.24) is 30.4 Å². The van der Waals surface area contributed by atoms with Crippen molar-refractivity contribution >= 4 is 12.0 Å². The molecule has 1 aromatic heterocycles. The highest BCUT2D eigenvalue weighted by Crippen LogP contribution is 2.31. The highest BCUT2D eigenvalue weighted by molar-refractivity contribution is 5.92. The van der Waals surface area contributed by atoms with E-state index in [9.17, 15) is 23.1 Å². The van der Waals surface area contributed by atoms with Crippen molar-refractivity contribution in [2.24, 2.45) is 0 Å². The van der Waals surface area contributed by atoms with Crippen LogP contribution in [0.2, 0.25) is 0 Å². The second kappa shape index (κ2) is 8.70. The van der Waals surface area contributed by atoms with Gasteiger partial charge < -0.3 is 15.3 Å². The summed E-state index contributed by atoms with van der Waals surface area (Å²) in [6.07, 6.45) is -1.72. The van der Waals surface area contributed by atoms with Gasteiger partial charge in [-0.25, -0.2) is 0 Å². The first kappa shape index (κ1) is 20.9. The number of alkyl halides is 3. The number of aliphatic hydroxyl groups excluding tert-OH is 1. The Labute approximate surface area is 165 Å². The smallest absolute Gasteiger partial charge is 0.394 e. The maximum atomic E-state index is 13.1. The number of aromatic nitrogens is 4. The van der Waals surface area contributed by atoms with Crippen LogP contribution in [0.15, 0.2) is 24.3 Å². The van der Waals surface area contributed by atoms with Crippen molar-refractivity contribution in [3.63, 3.8) is 0 Å². The monoisotopic (exact) mass is 410 g/mol. The molecule has 2 N–H and O–H groups in total. The van der Waals surface area contributed by atoms with E-state index in [1.165, 1.54) is 23.0 Å². The Kier molecular flexibility index (Phi) is 6.28. The molecule has 1 aliphatic heterocycles. The standard InChI is InChI=1S/C18H21F3N6O2/c1-12-23-25-27(24-12)10-14-8-15(18(19,20)21)4-2-13(14)3-5-17(29)26-7-6-22-9-16(26)11-28/h2-5,8,16,22,28H,6-7,9-11H2,1H3/b5-3+. The van der Waals surface area contributed by atoms with Crippen molar-refractivity contribution in [2.45, 2.75) is 25.7 Å². The summed E-state index contributed by atoms with van der Waals surface area (Å²) in [5, 5.41) is 24.0. The number of rotatable bonds is 5. The summed E-state index contributed by atoms with van der Waals surface area (Å²) in [4.78, 5) is 15.3. The maximum absolute atomic E-state index is 13.1. The number of nitrogens with zero attached hydrogens (tertiary/aromatic N) is 5. The van der Waals surface area contributed by atoms with Gasteiger partial charge in [0.1, 0.15) is 0 Å². The molecule has 156 valence electrons. The minimum absolute atomic E-state index is 0.0223. The number of nitrogens with one attached hydrogen (secondary N) is 1. The highest BCUT2D eigenvalue weighted by Gasteiger charge is 2.31. The molecule has 29 heavy (non-hydrogen) atoms. The molecule has 2 heterocycles. The number of tetrazole rings is 1. The number of hydrogen-bond acceptors (Lipinski definition) is 6. The summed E-state index contributed by atoms with van der Waals surface area (Å²) >= 11 is 0. The molecule has 11 heteroatoms. The predicted molar refractivity (Wildman–Crippen MR) is 97.6 cm³/mol. The van der Waals surface area contributed by atoms with Gasteiger partial charge in [0.05, 0.1) is 24.8 Å². The van der Waals surface area contributed by atoms with Crippen LogP contribution in [0.4, 0.5) is 13.2 Å². The molecule has 1 fully saturated rings. The highest BCUT2D eigenvalue weighted by atomic mass is 19.4. The Morgan fingerprint density at radius 1 is 1.41 bits per heavy atom. The number of benzene rings is 1. The van der Waals surface area contributed by atoms with Gasteiger partial charge in [-0.05, 0) is 41.5 Å². The molecule has 0 aliphatic carbocycles. The third-order valence-corrected chi connectivity index (χ3v) is 4.58. The van der Waals surface area contributed by atoms with Crippen LogP contribution in [0, 0.1) is 6.92 Å². The molecule has 1 saturated heterocycles. The van der Waals surface area contributed by atoms with Crippen LogP contribution in [0.25, 0.3) is 6.08 Å². The maximum Gasteiger partial charge on any atom is 0.416 e. The van der Waals surface area contributed by atoms with Crippen molar-refractivity contribution in [3.05, 3.63) is 46.8 Å². The van der Waals surface area contributed by atoms with Gasteiger partial charge in [0.2, 0.25) is 5.91 Å². The van der Waals surface area contributed by atoms with Crippen LogP contribution < -0.4 is 5.32 Å². The largest absolute Gasteiger partial charge is 0.416 e. The Hall–Kier alpha value is -2.79. The Balaban J connectivity index is 1.86. The number of amides is 1. The number of halogens is 3. The van der Waals surface area contributed by atoms with E-state index in [2.05, 4.69) is 20.7 Å². The van der Waals surface area contributed by atoms with Crippen LogP contribution in [0.5, 0.6) is 0 Å². The average molecular weight is 410 g/mol. The molecule has 0 saturated carbocycles. The van der Waals surface area contributed by atoms with Crippen molar-refractivity contribution in [1.29, 1.82) is 0 Å². The summed E-state index contributed by atoms with van der Waals surface area (Å²) in [5.41, 5.74) is -0.0486. The van der Waals surface area contributed by atoms with E-state index in [0.717, 1.165) is 12.1 Å². The normalized spacial score (nSPS) is 17.8. The fourth-order valence-corrected chi connectivity index (χ4v) is 3.10. The third kappa shape index (κ3) is 5.18. The van der Waals surface area contributed by atoms with Crippen molar-refractivity contribution in [2.75, 3.05) is 26.2 Å². The van der Waals surface area contributed by atoms with Gasteiger partial charge in [-0.15, -0.1) is 10.2 Å². The number of aliphatic hydroxyl groups is 1. The minimum Gasteiger partial charge on any atom is -0.394 e. The van der Waals surface area contributed by atoms with Crippen LogP contribution >= 0.6 is 0 Å². The molecule has 1 aromatic carbocycles. The van der Waals surface area contributed by atoms with Crippen LogP contribution in [0.1, 0.15) is 22.5 Å². The number of piperazine rings is 1. The van der Waals surface area contributed by atoms with Crippen LogP contribution in [0.3, 0.4) is 0 Å². The van der Waals surface area contributed by atoms with Crippen LogP contribution in [-0.4, -0.2) is 68.4 Å². The molecular formula is C18H21F3N6O2. The molecule has 3 rings (SSSR count). The minimum atomic E-state index is -4.49. The number of carbonyl (C=O) groups excluding carboxylic acids is 1. The molecule has 1 aliphatic rings. The SMILES string of the molecule is Cc1nnn(Cc2cc(C(F)(F)F)ccc2/C=C/C(=O)N2CCNCC2CO)n1. The quantitative estimate of drug-likeness (QED) is 0.710. The Morgan fingerprint density at radius 2 is 2.21 bits per heavy atom. The second-order valence-electron chi connectivity index (χ2n) is 6.68. The molecular weight excluding hydrogens is 389 g/mol. The molecule has 0 spiro atoms. The van der Waals surface area contributed by atoms with Crippen molar-refractivity contribution < 1.29 is 23.1 Å². The van der Waals surface area contributed by atoms with E-state index in [1.54, 1.807) is 11.8 Å².